The second kappa shape index (κ2) is 5.70. The van der Waals surface area contributed by atoms with Gasteiger partial charge in [-0.1, -0.05) is 36.8 Å². The maximum Gasteiger partial charge on any atom is 0.154 e. The number of pyridine rings is 1. The van der Waals surface area contributed by atoms with Gasteiger partial charge in [-0.2, -0.15) is 5.26 Å². The molecule has 3 heteroatoms. The fourth-order valence-electron chi connectivity index (χ4n) is 1.68. The second-order valence-electron chi connectivity index (χ2n) is 3.95. The van der Waals surface area contributed by atoms with Crippen molar-refractivity contribution in [2.45, 2.75) is 18.7 Å². The van der Waals surface area contributed by atoms with Crippen LogP contribution in [0.1, 0.15) is 18.2 Å². The Balaban J connectivity index is 2.41. The molecular formula is C15H14N2S. The summed E-state index contributed by atoms with van der Waals surface area (Å²) < 4.78 is 0. The van der Waals surface area contributed by atoms with E-state index in [9.17, 15) is 0 Å². The number of hydrogen-bond acceptors (Lipinski definition) is 3. The molecule has 0 unspecified atom stereocenters. The van der Waals surface area contributed by atoms with Gasteiger partial charge in [-0.05, 0) is 24.8 Å². The van der Waals surface area contributed by atoms with Crippen LogP contribution in [0.3, 0.4) is 0 Å². The van der Waals surface area contributed by atoms with Crippen LogP contribution in [0.25, 0.3) is 11.3 Å². The van der Waals surface area contributed by atoms with Crippen LogP contribution in [0.15, 0.2) is 41.3 Å². The van der Waals surface area contributed by atoms with Crippen molar-refractivity contribution in [2.24, 2.45) is 0 Å². The van der Waals surface area contributed by atoms with E-state index in [1.54, 1.807) is 11.8 Å². The topological polar surface area (TPSA) is 36.7 Å². The Labute approximate surface area is 112 Å². The standard InChI is InChI=1S/C15H14N2S/c1-3-18-15-9-8-13(17-14(15)10-16)12-6-4-11(2)5-7-12/h4-9H,3H2,1-2H3. The molecule has 0 N–H and O–H groups in total. The molecule has 0 aliphatic carbocycles. The normalized spacial score (nSPS) is 10.1. The largest absolute Gasteiger partial charge is 0.236 e. The smallest absolute Gasteiger partial charge is 0.154 e. The molecule has 2 rings (SSSR count). The van der Waals surface area contributed by atoms with Gasteiger partial charge in [0.25, 0.3) is 0 Å². The first-order valence-corrected chi connectivity index (χ1v) is 6.84. The zero-order valence-electron chi connectivity index (χ0n) is 10.5. The first-order valence-electron chi connectivity index (χ1n) is 5.85. The van der Waals surface area contributed by atoms with Crippen molar-refractivity contribution in [2.75, 3.05) is 5.75 Å². The van der Waals surface area contributed by atoms with Gasteiger partial charge in [-0.3, -0.25) is 0 Å². The molecule has 0 fully saturated rings. The molecular weight excluding hydrogens is 240 g/mol. The highest BCUT2D eigenvalue weighted by Gasteiger charge is 2.06. The van der Waals surface area contributed by atoms with Crippen molar-refractivity contribution in [3.63, 3.8) is 0 Å². The fourth-order valence-corrected chi connectivity index (χ4v) is 2.39. The molecule has 18 heavy (non-hydrogen) atoms. The summed E-state index contributed by atoms with van der Waals surface area (Å²) in [4.78, 5) is 5.38. The van der Waals surface area contributed by atoms with Crippen LogP contribution < -0.4 is 0 Å². The third-order valence-corrected chi connectivity index (χ3v) is 3.54. The molecule has 0 aliphatic rings. The summed E-state index contributed by atoms with van der Waals surface area (Å²) in [5, 5.41) is 9.13. The van der Waals surface area contributed by atoms with Crippen LogP contribution in [-0.4, -0.2) is 10.7 Å². The lowest BCUT2D eigenvalue weighted by molar-refractivity contribution is 1.18. The Morgan fingerprint density at radius 2 is 1.89 bits per heavy atom. The Kier molecular flexibility index (Phi) is 4.01. The monoisotopic (exact) mass is 254 g/mol. The van der Waals surface area contributed by atoms with Crippen molar-refractivity contribution >= 4 is 11.8 Å². The predicted molar refractivity (Wildman–Crippen MR) is 75.5 cm³/mol. The number of aromatic nitrogens is 1. The first-order chi connectivity index (χ1) is 8.74. The molecule has 1 heterocycles. The van der Waals surface area contributed by atoms with Gasteiger partial charge in [-0.15, -0.1) is 11.8 Å². The van der Waals surface area contributed by atoms with Crippen LogP contribution in [-0.2, 0) is 0 Å². The second-order valence-corrected chi connectivity index (χ2v) is 5.26. The molecule has 0 aliphatic heterocycles. The van der Waals surface area contributed by atoms with E-state index in [2.05, 4.69) is 37.0 Å². The van der Waals surface area contributed by atoms with E-state index in [0.29, 0.717) is 5.69 Å². The highest BCUT2D eigenvalue weighted by molar-refractivity contribution is 7.99. The predicted octanol–water partition coefficient (Wildman–Crippen LogP) is 4.04. The van der Waals surface area contributed by atoms with Crippen molar-refractivity contribution in [1.29, 1.82) is 5.26 Å². The van der Waals surface area contributed by atoms with Crippen molar-refractivity contribution in [3.05, 3.63) is 47.7 Å². The summed E-state index contributed by atoms with van der Waals surface area (Å²) in [6.07, 6.45) is 0. The molecule has 0 saturated carbocycles. The number of thioether (sulfide) groups is 1. The minimum absolute atomic E-state index is 0.514. The number of nitriles is 1. The third kappa shape index (κ3) is 2.72. The maximum absolute atomic E-state index is 9.13. The van der Waals surface area contributed by atoms with E-state index in [0.717, 1.165) is 21.9 Å². The lowest BCUT2D eigenvalue weighted by Crippen LogP contribution is -1.91. The van der Waals surface area contributed by atoms with Gasteiger partial charge in [-0.25, -0.2) is 4.98 Å². The van der Waals surface area contributed by atoms with E-state index in [4.69, 9.17) is 5.26 Å². The zero-order chi connectivity index (χ0) is 13.0. The average Bonchev–Trinajstić information content (AvgIpc) is 2.40. The van der Waals surface area contributed by atoms with E-state index in [1.165, 1.54) is 5.56 Å². The van der Waals surface area contributed by atoms with E-state index in [1.807, 2.05) is 24.3 Å². The summed E-state index contributed by atoms with van der Waals surface area (Å²) >= 11 is 1.65. The van der Waals surface area contributed by atoms with E-state index in [-0.39, 0.29) is 0 Å². The van der Waals surface area contributed by atoms with Crippen LogP contribution in [0, 0.1) is 18.3 Å². The number of benzene rings is 1. The lowest BCUT2D eigenvalue weighted by Gasteiger charge is -2.05. The molecule has 1 aromatic carbocycles. The summed E-state index contributed by atoms with van der Waals surface area (Å²) in [6, 6.07) is 14.3. The summed E-state index contributed by atoms with van der Waals surface area (Å²) in [7, 11) is 0. The van der Waals surface area contributed by atoms with E-state index >= 15 is 0 Å². The molecule has 0 bridgehead atoms. The molecule has 0 spiro atoms. The number of hydrogen-bond donors (Lipinski definition) is 0. The van der Waals surface area contributed by atoms with Gasteiger partial charge < -0.3 is 0 Å². The summed E-state index contributed by atoms with van der Waals surface area (Å²) in [6.45, 7) is 4.12. The summed E-state index contributed by atoms with van der Waals surface area (Å²) in [5.74, 6) is 0.945. The highest BCUT2D eigenvalue weighted by Crippen LogP contribution is 2.25. The van der Waals surface area contributed by atoms with Crippen molar-refractivity contribution in [3.8, 4) is 17.3 Å². The van der Waals surface area contributed by atoms with Gasteiger partial charge in [0.15, 0.2) is 5.69 Å². The van der Waals surface area contributed by atoms with Gasteiger partial charge in [0.05, 0.1) is 5.69 Å². The Morgan fingerprint density at radius 3 is 2.50 bits per heavy atom. The molecule has 0 saturated heterocycles. The third-order valence-electron chi connectivity index (χ3n) is 2.61. The number of aryl methyl sites for hydroxylation is 1. The number of rotatable bonds is 3. The highest BCUT2D eigenvalue weighted by atomic mass is 32.2. The zero-order valence-corrected chi connectivity index (χ0v) is 11.3. The average molecular weight is 254 g/mol. The quantitative estimate of drug-likeness (QED) is 0.776. The Bertz CT molecular complexity index is 582. The molecule has 0 amide bonds. The minimum Gasteiger partial charge on any atom is -0.236 e. The van der Waals surface area contributed by atoms with Crippen molar-refractivity contribution in [1.82, 2.24) is 4.98 Å². The first kappa shape index (κ1) is 12.7. The van der Waals surface area contributed by atoms with Gasteiger partial charge in [0.2, 0.25) is 0 Å². The van der Waals surface area contributed by atoms with Crippen LogP contribution in [0.2, 0.25) is 0 Å². The molecule has 2 aromatic rings. The molecule has 90 valence electrons. The number of nitrogens with zero attached hydrogens (tertiary/aromatic N) is 2. The van der Waals surface area contributed by atoms with Gasteiger partial charge >= 0.3 is 0 Å². The molecule has 2 nitrogen and oxygen atoms in total. The van der Waals surface area contributed by atoms with E-state index < -0.39 is 0 Å². The summed E-state index contributed by atoms with van der Waals surface area (Å²) in [5.41, 5.74) is 3.63. The molecule has 0 atom stereocenters. The Morgan fingerprint density at radius 1 is 1.17 bits per heavy atom. The van der Waals surface area contributed by atoms with Gasteiger partial charge in [0, 0.05) is 10.5 Å². The van der Waals surface area contributed by atoms with Gasteiger partial charge in [0.1, 0.15) is 6.07 Å². The SMILES string of the molecule is CCSc1ccc(-c2ccc(C)cc2)nc1C#N. The fraction of sp³-hybridized carbons (Fsp3) is 0.200. The van der Waals surface area contributed by atoms with Crippen LogP contribution in [0.5, 0.6) is 0 Å². The maximum atomic E-state index is 9.13. The molecule has 0 radical (unpaired) electrons. The lowest BCUT2D eigenvalue weighted by atomic mass is 10.1. The molecule has 1 aromatic heterocycles. The van der Waals surface area contributed by atoms with Crippen LogP contribution in [0.4, 0.5) is 0 Å². The van der Waals surface area contributed by atoms with Crippen molar-refractivity contribution < 1.29 is 0 Å². The minimum atomic E-state index is 0.514. The Hall–Kier alpha value is -1.79. The van der Waals surface area contributed by atoms with Crippen LogP contribution >= 0.6 is 11.8 Å².